The fraction of sp³-hybridized carbons (Fsp3) is 0.132. The molecule has 9 heteroatoms. The predicted molar refractivity (Wildman–Crippen MR) is 187 cm³/mol. The highest BCUT2D eigenvalue weighted by Gasteiger charge is 2.35. The van der Waals surface area contributed by atoms with E-state index in [1.165, 1.54) is 11.3 Å². The number of carbonyl (C=O) groups excluding carboxylic acids is 1. The van der Waals surface area contributed by atoms with Crippen molar-refractivity contribution >= 4 is 51.6 Å². The number of hydrogen-bond acceptors (Lipinski definition) is 6. The van der Waals surface area contributed by atoms with Crippen LogP contribution < -0.4 is 19.6 Å². The molecule has 6 aromatic rings. The van der Waals surface area contributed by atoms with Gasteiger partial charge in [-0.15, -0.1) is 0 Å². The number of nitrogens with zero attached hydrogens (tertiary/aromatic N) is 3. The number of ether oxygens (including phenoxy) is 2. The Kier molecular flexibility index (Phi) is 8.37. The van der Waals surface area contributed by atoms with Crippen LogP contribution in [-0.4, -0.2) is 28.8 Å². The predicted octanol–water partition coefficient (Wildman–Crippen LogP) is 6.60. The van der Waals surface area contributed by atoms with Crippen LogP contribution in [0.3, 0.4) is 0 Å². The van der Waals surface area contributed by atoms with Gasteiger partial charge in [0, 0.05) is 39.8 Å². The van der Waals surface area contributed by atoms with Crippen LogP contribution in [-0.2, 0) is 16.1 Å². The largest absolute Gasteiger partial charge is 0.497 e. The number of methoxy groups -OCH3 is 1. The number of halogens is 1. The van der Waals surface area contributed by atoms with Gasteiger partial charge in [-0.2, -0.15) is 0 Å². The normalized spacial score (nSPS) is 14.6. The molecule has 3 heterocycles. The van der Waals surface area contributed by atoms with Crippen LogP contribution in [0.2, 0.25) is 5.02 Å². The summed E-state index contributed by atoms with van der Waals surface area (Å²) < 4.78 is 15.3. The maximum absolute atomic E-state index is 14.4. The molecule has 0 saturated heterocycles. The van der Waals surface area contributed by atoms with Gasteiger partial charge in [-0.05, 0) is 54.5 Å². The number of carbonyl (C=O) groups is 1. The minimum absolute atomic E-state index is 0.184. The van der Waals surface area contributed by atoms with E-state index in [-0.39, 0.29) is 12.2 Å². The molecule has 1 aliphatic heterocycles. The van der Waals surface area contributed by atoms with Gasteiger partial charge in [0.25, 0.3) is 5.56 Å². The van der Waals surface area contributed by atoms with Gasteiger partial charge in [0.15, 0.2) is 4.80 Å². The third-order valence-corrected chi connectivity index (χ3v) is 9.37. The molecule has 0 bridgehead atoms. The Hall–Kier alpha value is -5.18. The Morgan fingerprint density at radius 1 is 0.979 bits per heavy atom. The monoisotopic (exact) mass is 659 g/mol. The van der Waals surface area contributed by atoms with Crippen molar-refractivity contribution in [2.75, 3.05) is 13.7 Å². The molecule has 0 radical (unpaired) electrons. The summed E-state index contributed by atoms with van der Waals surface area (Å²) in [6, 6.07) is 32.1. The summed E-state index contributed by atoms with van der Waals surface area (Å²) in [4.78, 5) is 33.6. The molecular formula is C38H30ClN3O4S. The molecular weight excluding hydrogens is 630 g/mol. The van der Waals surface area contributed by atoms with Gasteiger partial charge >= 0.3 is 5.97 Å². The number of thiazole rings is 1. The minimum Gasteiger partial charge on any atom is -0.497 e. The lowest BCUT2D eigenvalue weighted by molar-refractivity contribution is -0.138. The summed E-state index contributed by atoms with van der Waals surface area (Å²) in [5.74, 6) is 0.148. The van der Waals surface area contributed by atoms with Gasteiger partial charge in [-0.3, -0.25) is 9.36 Å². The SMILES string of the molecule is CCOC(=O)C1=C(c2ccccc2)N=c2s/c(=C\c3cn(Cc4cccc(Cl)c4)c4ccccc34)c(=O)n2[C@@H]1c1ccc(OC)cc1. The van der Waals surface area contributed by atoms with E-state index < -0.39 is 12.0 Å². The average molecular weight is 660 g/mol. The fourth-order valence-corrected chi connectivity index (χ4v) is 7.24. The molecule has 0 aliphatic carbocycles. The van der Waals surface area contributed by atoms with E-state index >= 15 is 0 Å². The standard InChI is InChI=1S/C38H30ClN3O4S/c1-3-46-37(44)33-34(25-11-5-4-6-12-25)40-38-42(35(33)26-16-18-29(45-2)19-17-26)36(43)32(47-38)21-27-23-41(31-15-8-7-14-30(27)31)22-24-10-9-13-28(39)20-24/h4-21,23,35H,3,22H2,1-2H3/b32-21-/t35-/m1/s1. The lowest BCUT2D eigenvalue weighted by Crippen LogP contribution is -2.40. The maximum Gasteiger partial charge on any atom is 0.338 e. The highest BCUT2D eigenvalue weighted by atomic mass is 35.5. The molecule has 7 rings (SSSR count). The van der Waals surface area contributed by atoms with Crippen molar-refractivity contribution < 1.29 is 14.3 Å². The average Bonchev–Trinajstić information content (AvgIpc) is 3.60. The van der Waals surface area contributed by atoms with Crippen molar-refractivity contribution in [2.24, 2.45) is 4.99 Å². The van der Waals surface area contributed by atoms with E-state index in [9.17, 15) is 9.59 Å². The molecule has 1 aliphatic rings. The van der Waals surface area contributed by atoms with Crippen molar-refractivity contribution in [1.29, 1.82) is 0 Å². The summed E-state index contributed by atoms with van der Waals surface area (Å²) in [6.07, 6.45) is 3.98. The Morgan fingerprint density at radius 3 is 2.49 bits per heavy atom. The van der Waals surface area contributed by atoms with Crippen molar-refractivity contribution in [3.05, 3.63) is 162 Å². The Labute approximate surface area is 279 Å². The van der Waals surface area contributed by atoms with Crippen LogP contribution in [0.25, 0.3) is 22.7 Å². The lowest BCUT2D eigenvalue weighted by atomic mass is 9.93. The number of hydrogen-bond donors (Lipinski definition) is 0. The van der Waals surface area contributed by atoms with Crippen LogP contribution in [0.15, 0.2) is 125 Å². The second kappa shape index (κ2) is 12.9. The number of aromatic nitrogens is 2. The summed E-state index contributed by atoms with van der Waals surface area (Å²) in [5, 5.41) is 1.70. The van der Waals surface area contributed by atoms with E-state index in [2.05, 4.69) is 22.9 Å². The third-order valence-electron chi connectivity index (χ3n) is 8.15. The zero-order chi connectivity index (χ0) is 32.5. The first kappa shape index (κ1) is 30.5. The zero-order valence-corrected chi connectivity index (χ0v) is 27.3. The number of esters is 1. The summed E-state index contributed by atoms with van der Waals surface area (Å²) in [5.41, 5.74) is 5.06. The van der Waals surface area contributed by atoms with Gasteiger partial charge in [-0.1, -0.05) is 95.7 Å². The lowest BCUT2D eigenvalue weighted by Gasteiger charge is -2.26. The van der Waals surface area contributed by atoms with Crippen molar-refractivity contribution in [1.82, 2.24) is 9.13 Å². The molecule has 1 atom stereocenters. The van der Waals surface area contributed by atoms with Gasteiger partial charge in [0.1, 0.15) is 5.75 Å². The molecule has 0 saturated carbocycles. The summed E-state index contributed by atoms with van der Waals surface area (Å²) in [7, 11) is 1.60. The van der Waals surface area contributed by atoms with Crippen LogP contribution in [0.4, 0.5) is 0 Å². The molecule has 0 amide bonds. The minimum atomic E-state index is -0.766. The van der Waals surface area contributed by atoms with Gasteiger partial charge < -0.3 is 14.0 Å². The van der Waals surface area contributed by atoms with Crippen LogP contribution in [0.1, 0.15) is 35.2 Å². The molecule has 0 spiro atoms. The maximum atomic E-state index is 14.4. The fourth-order valence-electron chi connectivity index (χ4n) is 6.04. The molecule has 4 aromatic carbocycles. The first-order valence-electron chi connectivity index (χ1n) is 15.2. The molecule has 47 heavy (non-hydrogen) atoms. The first-order valence-corrected chi connectivity index (χ1v) is 16.4. The van der Waals surface area contributed by atoms with E-state index in [0.717, 1.165) is 33.2 Å². The Bertz CT molecular complexity index is 2340. The molecule has 7 nitrogen and oxygen atoms in total. The molecule has 0 unspecified atom stereocenters. The highest BCUT2D eigenvalue weighted by Crippen LogP contribution is 2.36. The molecule has 0 N–H and O–H groups in total. The van der Waals surface area contributed by atoms with Crippen LogP contribution in [0, 0.1) is 0 Å². The van der Waals surface area contributed by atoms with Gasteiger partial charge in [0.05, 0.1) is 35.6 Å². The smallest absolute Gasteiger partial charge is 0.338 e. The molecule has 0 fully saturated rings. The van der Waals surface area contributed by atoms with E-state index in [1.807, 2.05) is 97.1 Å². The van der Waals surface area contributed by atoms with Gasteiger partial charge in [0.2, 0.25) is 0 Å². The van der Waals surface area contributed by atoms with E-state index in [4.69, 9.17) is 26.1 Å². The highest BCUT2D eigenvalue weighted by molar-refractivity contribution is 7.07. The second-order valence-electron chi connectivity index (χ2n) is 11.1. The third kappa shape index (κ3) is 5.82. The van der Waals surface area contributed by atoms with Crippen molar-refractivity contribution in [2.45, 2.75) is 19.5 Å². The quantitative estimate of drug-likeness (QED) is 0.173. The van der Waals surface area contributed by atoms with E-state index in [1.54, 1.807) is 18.6 Å². The van der Waals surface area contributed by atoms with Crippen LogP contribution in [0.5, 0.6) is 5.75 Å². The number of benzene rings is 4. The van der Waals surface area contributed by atoms with Crippen LogP contribution >= 0.6 is 22.9 Å². The Morgan fingerprint density at radius 2 is 1.74 bits per heavy atom. The summed E-state index contributed by atoms with van der Waals surface area (Å²) in [6.45, 7) is 2.57. The first-order chi connectivity index (χ1) is 22.9. The Balaban J connectivity index is 1.44. The van der Waals surface area contributed by atoms with Gasteiger partial charge in [-0.25, -0.2) is 9.79 Å². The van der Waals surface area contributed by atoms with Crippen molar-refractivity contribution in [3.8, 4) is 5.75 Å². The van der Waals surface area contributed by atoms with Crippen molar-refractivity contribution in [3.63, 3.8) is 0 Å². The number of para-hydroxylation sites is 1. The molecule has 234 valence electrons. The topological polar surface area (TPSA) is 74.8 Å². The molecule has 2 aromatic heterocycles. The zero-order valence-electron chi connectivity index (χ0n) is 25.7. The summed E-state index contributed by atoms with van der Waals surface area (Å²) >= 11 is 7.58. The second-order valence-corrected chi connectivity index (χ2v) is 12.5. The number of fused-ring (bicyclic) bond motifs is 2. The number of rotatable bonds is 8. The van der Waals surface area contributed by atoms with E-state index in [0.29, 0.717) is 37.9 Å².